The number of nitrogens with zero attached hydrogens (tertiary/aromatic N) is 1. The van der Waals surface area contributed by atoms with Gasteiger partial charge in [0.25, 0.3) is 11.8 Å². The minimum absolute atomic E-state index is 0.0543. The third-order valence-corrected chi connectivity index (χ3v) is 3.63. The van der Waals surface area contributed by atoms with E-state index in [1.165, 1.54) is 45.6 Å². The average molecular weight is 400 g/mol. The molecule has 26 heavy (non-hydrogen) atoms. The zero-order valence-electron chi connectivity index (χ0n) is 14.1. The summed E-state index contributed by atoms with van der Waals surface area (Å²) in [5.41, 5.74) is 4.86. The van der Waals surface area contributed by atoms with E-state index in [-0.39, 0.29) is 21.4 Å². The van der Waals surface area contributed by atoms with Gasteiger partial charge in [0, 0.05) is 11.1 Å². The molecule has 10 heteroatoms. The van der Waals surface area contributed by atoms with Crippen molar-refractivity contribution in [3.05, 3.63) is 45.7 Å². The lowest BCUT2D eigenvalue weighted by Crippen LogP contribution is -2.41. The Kier molecular flexibility index (Phi) is 6.48. The van der Waals surface area contributed by atoms with Gasteiger partial charge in [-0.05, 0) is 24.3 Å². The number of halogens is 2. The van der Waals surface area contributed by atoms with Crippen molar-refractivity contribution in [2.75, 3.05) is 21.3 Å². The zero-order chi connectivity index (χ0) is 19.3. The van der Waals surface area contributed by atoms with Gasteiger partial charge in [0.05, 0.1) is 21.3 Å². The van der Waals surface area contributed by atoms with Gasteiger partial charge in [-0.2, -0.15) is 0 Å². The van der Waals surface area contributed by atoms with Crippen molar-refractivity contribution < 1.29 is 23.8 Å². The van der Waals surface area contributed by atoms with Crippen molar-refractivity contribution in [3.8, 4) is 17.2 Å². The van der Waals surface area contributed by atoms with Crippen LogP contribution in [0, 0.1) is 0 Å². The van der Waals surface area contributed by atoms with E-state index in [2.05, 4.69) is 15.8 Å². The molecule has 0 aliphatic carbocycles. The number of aromatic nitrogens is 1. The highest BCUT2D eigenvalue weighted by molar-refractivity contribution is 6.33. The monoisotopic (exact) mass is 399 g/mol. The predicted octanol–water partition coefficient (Wildman–Crippen LogP) is 2.49. The Hall–Kier alpha value is -2.71. The Morgan fingerprint density at radius 3 is 1.62 bits per heavy atom. The number of nitrogens with one attached hydrogen (secondary N) is 2. The van der Waals surface area contributed by atoms with Crippen LogP contribution in [-0.2, 0) is 0 Å². The van der Waals surface area contributed by atoms with Crippen molar-refractivity contribution >= 4 is 35.0 Å². The van der Waals surface area contributed by atoms with Crippen LogP contribution in [0.3, 0.4) is 0 Å². The maximum Gasteiger partial charge on any atom is 0.269 e. The largest absolute Gasteiger partial charge is 0.493 e. The number of ether oxygens (including phenoxy) is 3. The summed E-state index contributed by atoms with van der Waals surface area (Å²) in [5.74, 6) is -0.260. The van der Waals surface area contributed by atoms with Crippen LogP contribution in [0.15, 0.2) is 24.3 Å². The summed E-state index contributed by atoms with van der Waals surface area (Å²) in [7, 11) is 4.31. The molecule has 0 unspecified atom stereocenters. The number of benzene rings is 1. The highest BCUT2D eigenvalue weighted by Crippen LogP contribution is 2.38. The van der Waals surface area contributed by atoms with Crippen molar-refractivity contribution in [2.45, 2.75) is 0 Å². The topological polar surface area (TPSA) is 98.8 Å². The predicted molar refractivity (Wildman–Crippen MR) is 95.3 cm³/mol. The molecule has 0 saturated carbocycles. The summed E-state index contributed by atoms with van der Waals surface area (Å²) in [5, 5.41) is 0.109. The molecule has 0 bridgehead atoms. The molecule has 1 aromatic heterocycles. The second-order valence-electron chi connectivity index (χ2n) is 4.82. The van der Waals surface area contributed by atoms with E-state index in [0.717, 1.165) is 0 Å². The second kappa shape index (κ2) is 8.59. The number of amides is 2. The molecule has 0 spiro atoms. The first-order valence-corrected chi connectivity index (χ1v) is 7.89. The van der Waals surface area contributed by atoms with Crippen molar-refractivity contribution in [2.24, 2.45) is 0 Å². The van der Waals surface area contributed by atoms with Crippen LogP contribution >= 0.6 is 23.2 Å². The quantitative estimate of drug-likeness (QED) is 0.591. The van der Waals surface area contributed by atoms with Crippen molar-refractivity contribution in [1.29, 1.82) is 0 Å². The zero-order valence-corrected chi connectivity index (χ0v) is 15.6. The lowest BCUT2D eigenvalue weighted by molar-refractivity contribution is 0.0846. The number of carbonyl (C=O) groups is 2. The van der Waals surface area contributed by atoms with Gasteiger partial charge in [0.1, 0.15) is 10.3 Å². The number of hydrazine groups is 1. The van der Waals surface area contributed by atoms with Crippen LogP contribution in [0.2, 0.25) is 10.3 Å². The lowest BCUT2D eigenvalue weighted by Gasteiger charge is -2.14. The van der Waals surface area contributed by atoms with Crippen LogP contribution < -0.4 is 25.1 Å². The van der Waals surface area contributed by atoms with E-state index in [0.29, 0.717) is 17.2 Å². The van der Waals surface area contributed by atoms with Crippen LogP contribution in [-0.4, -0.2) is 38.1 Å². The Balaban J connectivity index is 2.16. The molecule has 1 aromatic carbocycles. The second-order valence-corrected chi connectivity index (χ2v) is 5.60. The molecule has 2 N–H and O–H groups in total. The Labute approximate surface area is 159 Å². The minimum atomic E-state index is -0.614. The maximum absolute atomic E-state index is 12.3. The van der Waals surface area contributed by atoms with E-state index < -0.39 is 11.8 Å². The summed E-state index contributed by atoms with van der Waals surface area (Å²) in [6, 6.07) is 5.52. The Morgan fingerprint density at radius 2 is 1.23 bits per heavy atom. The fourth-order valence-electron chi connectivity index (χ4n) is 2.07. The molecule has 2 aromatic rings. The standard InChI is InChI=1S/C16H15Cl2N3O5/c1-24-10-4-8(5-11(25-2)14(10)26-3)15(22)20-21-16(23)9-6-12(17)19-13(18)7-9/h4-7H,1-3H3,(H,20,22)(H,21,23). The van der Waals surface area contributed by atoms with E-state index in [4.69, 9.17) is 37.4 Å². The molecule has 0 fully saturated rings. The van der Waals surface area contributed by atoms with Crippen LogP contribution in [0.1, 0.15) is 20.7 Å². The van der Waals surface area contributed by atoms with E-state index >= 15 is 0 Å². The van der Waals surface area contributed by atoms with Gasteiger partial charge in [-0.1, -0.05) is 23.2 Å². The Morgan fingerprint density at radius 1 is 0.808 bits per heavy atom. The molecular weight excluding hydrogens is 385 g/mol. The molecule has 0 aliphatic heterocycles. The highest BCUT2D eigenvalue weighted by atomic mass is 35.5. The number of carbonyl (C=O) groups excluding carboxylic acids is 2. The SMILES string of the molecule is COc1cc(C(=O)NNC(=O)c2cc(Cl)nc(Cl)c2)cc(OC)c1OC. The van der Waals surface area contributed by atoms with Gasteiger partial charge in [-0.3, -0.25) is 20.4 Å². The summed E-state index contributed by atoms with van der Waals surface area (Å²) < 4.78 is 15.6. The van der Waals surface area contributed by atoms with Crippen molar-refractivity contribution in [1.82, 2.24) is 15.8 Å². The summed E-state index contributed by atoms with van der Waals surface area (Å²) in [4.78, 5) is 28.1. The molecule has 8 nitrogen and oxygen atoms in total. The highest BCUT2D eigenvalue weighted by Gasteiger charge is 2.18. The van der Waals surface area contributed by atoms with Gasteiger partial charge in [-0.15, -0.1) is 0 Å². The molecule has 0 atom stereocenters. The molecule has 2 amide bonds. The third kappa shape index (κ3) is 4.47. The van der Waals surface area contributed by atoms with Gasteiger partial charge < -0.3 is 14.2 Å². The number of hydrogen-bond donors (Lipinski definition) is 2. The minimum Gasteiger partial charge on any atom is -0.493 e. The van der Waals surface area contributed by atoms with Gasteiger partial charge >= 0.3 is 0 Å². The van der Waals surface area contributed by atoms with Crippen LogP contribution in [0.5, 0.6) is 17.2 Å². The van der Waals surface area contributed by atoms with Crippen LogP contribution in [0.4, 0.5) is 0 Å². The smallest absolute Gasteiger partial charge is 0.269 e. The average Bonchev–Trinajstić information content (AvgIpc) is 2.63. The molecular formula is C16H15Cl2N3O5. The third-order valence-electron chi connectivity index (χ3n) is 3.24. The van der Waals surface area contributed by atoms with Crippen LogP contribution in [0.25, 0.3) is 0 Å². The van der Waals surface area contributed by atoms with Gasteiger partial charge in [-0.25, -0.2) is 4.98 Å². The maximum atomic E-state index is 12.3. The summed E-state index contributed by atoms with van der Waals surface area (Å²) >= 11 is 11.5. The van der Waals surface area contributed by atoms with E-state index in [1.54, 1.807) is 0 Å². The van der Waals surface area contributed by atoms with Crippen molar-refractivity contribution in [3.63, 3.8) is 0 Å². The number of pyridine rings is 1. The molecule has 0 radical (unpaired) electrons. The first-order chi connectivity index (χ1) is 12.4. The van der Waals surface area contributed by atoms with Gasteiger partial charge in [0.15, 0.2) is 11.5 Å². The molecule has 0 aliphatic rings. The normalized spacial score (nSPS) is 10.0. The first-order valence-electron chi connectivity index (χ1n) is 7.13. The van der Waals surface area contributed by atoms with Gasteiger partial charge in [0.2, 0.25) is 5.75 Å². The fraction of sp³-hybridized carbons (Fsp3) is 0.188. The molecule has 138 valence electrons. The fourth-order valence-corrected chi connectivity index (χ4v) is 2.53. The summed E-state index contributed by atoms with van der Waals surface area (Å²) in [6.45, 7) is 0. The van der Waals surface area contributed by atoms with E-state index in [9.17, 15) is 9.59 Å². The molecule has 2 rings (SSSR count). The first kappa shape index (κ1) is 19.6. The number of rotatable bonds is 5. The number of hydrogen-bond acceptors (Lipinski definition) is 6. The molecule has 1 heterocycles. The Bertz CT molecular complexity index is 799. The molecule has 0 saturated heterocycles. The number of methoxy groups -OCH3 is 3. The lowest BCUT2D eigenvalue weighted by atomic mass is 10.1. The van der Waals surface area contributed by atoms with E-state index in [1.807, 2.05) is 0 Å². The summed E-state index contributed by atoms with van der Waals surface area (Å²) in [6.07, 6.45) is 0.